The molecule has 2 aromatic rings. The highest BCUT2D eigenvalue weighted by Crippen LogP contribution is 2.24. The Bertz CT molecular complexity index is 604. The molecule has 0 spiro atoms. The molecule has 0 unspecified atom stereocenters. The lowest BCUT2D eigenvalue weighted by Gasteiger charge is -2.26. The fourth-order valence-electron chi connectivity index (χ4n) is 2.60. The second-order valence-electron chi connectivity index (χ2n) is 5.67. The zero-order valence-corrected chi connectivity index (χ0v) is 14.4. The monoisotopic (exact) mass is 337 g/mol. The van der Waals surface area contributed by atoms with Gasteiger partial charge in [-0.1, -0.05) is 37.9 Å². The summed E-state index contributed by atoms with van der Waals surface area (Å²) in [6, 6.07) is 3.81. The molecule has 2 heterocycles. The van der Waals surface area contributed by atoms with Gasteiger partial charge in [-0.2, -0.15) is 4.98 Å². The quantitative estimate of drug-likeness (QED) is 0.734. The van der Waals surface area contributed by atoms with E-state index >= 15 is 0 Å². The molecule has 0 atom stereocenters. The molecular weight excluding hydrogens is 314 g/mol. The topological polar surface area (TPSA) is 88.2 Å². The smallest absolute Gasteiger partial charge is 0.268 e. The molecule has 0 saturated carbocycles. The minimum atomic E-state index is -0.924. The third-order valence-corrected chi connectivity index (χ3v) is 4.42. The molecule has 0 aliphatic rings. The summed E-state index contributed by atoms with van der Waals surface area (Å²) < 4.78 is 5.17. The largest absolute Gasteiger partial charge is 0.389 e. The molecule has 0 bridgehead atoms. The van der Waals surface area contributed by atoms with E-state index in [2.05, 4.69) is 15.5 Å². The van der Waals surface area contributed by atoms with E-state index in [-0.39, 0.29) is 18.9 Å². The van der Waals surface area contributed by atoms with Crippen LogP contribution in [-0.2, 0) is 11.3 Å². The summed E-state index contributed by atoms with van der Waals surface area (Å²) in [5, 5.41) is 19.0. The molecule has 23 heavy (non-hydrogen) atoms. The number of amides is 1. The summed E-state index contributed by atoms with van der Waals surface area (Å²) >= 11 is 1.52. The SMILES string of the molecule is CCCC(O)(CCC)CC(=O)NCc1noc(-c2cccs2)n1. The van der Waals surface area contributed by atoms with Crippen molar-refractivity contribution in [2.75, 3.05) is 0 Å². The van der Waals surface area contributed by atoms with E-state index in [9.17, 15) is 9.90 Å². The van der Waals surface area contributed by atoms with E-state index in [1.807, 2.05) is 31.4 Å². The van der Waals surface area contributed by atoms with Crippen molar-refractivity contribution in [1.82, 2.24) is 15.5 Å². The molecule has 6 nitrogen and oxygen atoms in total. The lowest BCUT2D eigenvalue weighted by Crippen LogP contribution is -2.36. The van der Waals surface area contributed by atoms with E-state index in [4.69, 9.17) is 4.52 Å². The Morgan fingerprint density at radius 1 is 1.39 bits per heavy atom. The number of nitrogens with one attached hydrogen (secondary N) is 1. The first-order chi connectivity index (χ1) is 11.1. The van der Waals surface area contributed by atoms with Gasteiger partial charge in [-0.05, 0) is 24.3 Å². The first-order valence-electron chi connectivity index (χ1n) is 7.92. The highest BCUT2D eigenvalue weighted by Gasteiger charge is 2.28. The van der Waals surface area contributed by atoms with Gasteiger partial charge in [0.2, 0.25) is 5.91 Å². The number of thiophene rings is 1. The Morgan fingerprint density at radius 3 is 2.74 bits per heavy atom. The molecule has 2 aromatic heterocycles. The van der Waals surface area contributed by atoms with E-state index in [0.717, 1.165) is 17.7 Å². The van der Waals surface area contributed by atoms with Crippen LogP contribution < -0.4 is 5.32 Å². The molecule has 0 aromatic carbocycles. The van der Waals surface area contributed by atoms with E-state index < -0.39 is 5.60 Å². The predicted molar refractivity (Wildman–Crippen MR) is 88.8 cm³/mol. The Labute approximate surface area is 139 Å². The number of carbonyl (C=O) groups is 1. The zero-order chi connectivity index (χ0) is 16.7. The number of aliphatic hydroxyl groups is 1. The number of hydrogen-bond acceptors (Lipinski definition) is 6. The summed E-state index contributed by atoms with van der Waals surface area (Å²) in [5.41, 5.74) is -0.924. The van der Waals surface area contributed by atoms with Gasteiger partial charge in [0.1, 0.15) is 0 Å². The normalized spacial score (nSPS) is 11.6. The fraction of sp³-hybridized carbons (Fsp3) is 0.562. The van der Waals surface area contributed by atoms with E-state index in [1.54, 1.807) is 0 Å². The lowest BCUT2D eigenvalue weighted by molar-refractivity contribution is -0.127. The molecule has 0 aliphatic heterocycles. The average Bonchev–Trinajstić information content (AvgIpc) is 3.16. The highest BCUT2D eigenvalue weighted by atomic mass is 32.1. The summed E-state index contributed by atoms with van der Waals surface area (Å²) in [4.78, 5) is 17.2. The van der Waals surface area contributed by atoms with Crippen LogP contribution in [0.15, 0.2) is 22.0 Å². The van der Waals surface area contributed by atoms with E-state index in [1.165, 1.54) is 11.3 Å². The Kier molecular flexibility index (Phi) is 6.29. The summed E-state index contributed by atoms with van der Waals surface area (Å²) in [7, 11) is 0. The Morgan fingerprint density at radius 2 is 2.13 bits per heavy atom. The van der Waals surface area contributed by atoms with Crippen molar-refractivity contribution >= 4 is 17.2 Å². The van der Waals surface area contributed by atoms with Crippen LogP contribution in [-0.4, -0.2) is 26.8 Å². The fourth-order valence-corrected chi connectivity index (χ4v) is 3.24. The van der Waals surface area contributed by atoms with Crippen LogP contribution in [0.1, 0.15) is 51.8 Å². The second-order valence-corrected chi connectivity index (χ2v) is 6.62. The predicted octanol–water partition coefficient (Wildman–Crippen LogP) is 3.14. The first kappa shape index (κ1) is 17.6. The first-order valence-corrected chi connectivity index (χ1v) is 8.80. The van der Waals surface area contributed by atoms with Gasteiger partial charge in [0.25, 0.3) is 5.89 Å². The average molecular weight is 337 g/mol. The maximum atomic E-state index is 12.1. The van der Waals surface area contributed by atoms with Crippen LogP contribution in [0.2, 0.25) is 0 Å². The third kappa shape index (κ3) is 5.14. The van der Waals surface area contributed by atoms with Crippen molar-refractivity contribution in [1.29, 1.82) is 0 Å². The molecule has 7 heteroatoms. The number of carbonyl (C=O) groups excluding carboxylic acids is 1. The van der Waals surface area contributed by atoms with Crippen molar-refractivity contribution in [3.8, 4) is 10.8 Å². The molecule has 0 radical (unpaired) electrons. The molecule has 2 rings (SSSR count). The van der Waals surface area contributed by atoms with Crippen LogP contribution in [0, 0.1) is 0 Å². The Balaban J connectivity index is 1.86. The number of aromatic nitrogens is 2. The van der Waals surface area contributed by atoms with Crippen molar-refractivity contribution in [3.63, 3.8) is 0 Å². The minimum absolute atomic E-state index is 0.102. The van der Waals surface area contributed by atoms with Crippen molar-refractivity contribution in [2.45, 2.75) is 58.1 Å². The van der Waals surface area contributed by atoms with Crippen LogP contribution in [0.25, 0.3) is 10.8 Å². The van der Waals surface area contributed by atoms with Crippen LogP contribution in [0.5, 0.6) is 0 Å². The summed E-state index contributed by atoms with van der Waals surface area (Å²) in [6.45, 7) is 4.20. The van der Waals surface area contributed by atoms with Crippen LogP contribution in [0.3, 0.4) is 0 Å². The van der Waals surface area contributed by atoms with Gasteiger partial charge in [-0.3, -0.25) is 4.79 Å². The lowest BCUT2D eigenvalue weighted by atomic mass is 9.89. The maximum absolute atomic E-state index is 12.1. The second kappa shape index (κ2) is 8.21. The zero-order valence-electron chi connectivity index (χ0n) is 13.5. The van der Waals surface area contributed by atoms with Gasteiger partial charge in [-0.25, -0.2) is 0 Å². The number of rotatable bonds is 9. The van der Waals surface area contributed by atoms with Gasteiger partial charge in [0.05, 0.1) is 23.4 Å². The summed E-state index contributed by atoms with van der Waals surface area (Å²) in [5.74, 6) is 0.686. The standard InChI is InChI=1S/C16H23N3O3S/c1-3-7-16(21,8-4-2)10-14(20)17-11-13-18-15(22-19-13)12-6-5-9-23-12/h5-6,9,21H,3-4,7-8,10-11H2,1-2H3,(H,17,20). The van der Waals surface area contributed by atoms with Gasteiger partial charge >= 0.3 is 0 Å². The van der Waals surface area contributed by atoms with Crippen molar-refractivity contribution in [2.24, 2.45) is 0 Å². The van der Waals surface area contributed by atoms with Crippen molar-refractivity contribution < 1.29 is 14.4 Å². The third-order valence-electron chi connectivity index (χ3n) is 3.56. The van der Waals surface area contributed by atoms with Gasteiger partial charge in [-0.15, -0.1) is 11.3 Å². The molecule has 0 fully saturated rings. The maximum Gasteiger partial charge on any atom is 0.268 e. The molecule has 126 valence electrons. The molecule has 2 N–H and O–H groups in total. The van der Waals surface area contributed by atoms with Crippen LogP contribution in [0.4, 0.5) is 0 Å². The van der Waals surface area contributed by atoms with Gasteiger partial charge < -0.3 is 14.9 Å². The summed E-state index contributed by atoms with van der Waals surface area (Å²) in [6.07, 6.45) is 3.04. The molecule has 0 saturated heterocycles. The van der Waals surface area contributed by atoms with Gasteiger partial charge in [0.15, 0.2) is 5.82 Å². The number of nitrogens with zero attached hydrogens (tertiary/aromatic N) is 2. The Hall–Kier alpha value is -1.73. The minimum Gasteiger partial charge on any atom is -0.389 e. The number of hydrogen-bond donors (Lipinski definition) is 2. The highest BCUT2D eigenvalue weighted by molar-refractivity contribution is 7.13. The molecule has 1 amide bonds. The van der Waals surface area contributed by atoms with E-state index in [0.29, 0.717) is 24.6 Å². The molecule has 0 aliphatic carbocycles. The molecular formula is C16H23N3O3S. The van der Waals surface area contributed by atoms with Crippen LogP contribution >= 0.6 is 11.3 Å². The van der Waals surface area contributed by atoms with Gasteiger partial charge in [0, 0.05) is 0 Å². The van der Waals surface area contributed by atoms with Crippen molar-refractivity contribution in [3.05, 3.63) is 23.3 Å².